The van der Waals surface area contributed by atoms with Crippen molar-refractivity contribution < 1.29 is 0 Å². The second-order valence-corrected chi connectivity index (χ2v) is 5.63. The van der Waals surface area contributed by atoms with E-state index in [1.807, 2.05) is 53.6 Å². The van der Waals surface area contributed by atoms with Gasteiger partial charge in [-0.3, -0.25) is 9.98 Å². The number of nitrogens with one attached hydrogen (secondary N) is 1. The molecule has 120 valence electrons. The quantitative estimate of drug-likeness (QED) is 0.900. The Hall–Kier alpha value is -3.15. The minimum atomic E-state index is 0.640. The van der Waals surface area contributed by atoms with Crippen LogP contribution >= 0.6 is 0 Å². The van der Waals surface area contributed by atoms with Gasteiger partial charge in [0.15, 0.2) is 11.7 Å². The van der Waals surface area contributed by atoms with E-state index in [1.54, 1.807) is 6.20 Å². The molecule has 0 saturated heterocycles. The summed E-state index contributed by atoms with van der Waals surface area (Å²) in [6, 6.07) is 13.9. The summed E-state index contributed by atoms with van der Waals surface area (Å²) in [6.45, 7) is 2.15. The van der Waals surface area contributed by atoms with Crippen molar-refractivity contribution in [2.24, 2.45) is 15.7 Å². The van der Waals surface area contributed by atoms with Crippen LogP contribution in [0.2, 0.25) is 0 Å². The molecule has 0 atom stereocenters. The van der Waals surface area contributed by atoms with Gasteiger partial charge in [0.1, 0.15) is 11.5 Å². The average Bonchev–Trinajstić information content (AvgIpc) is 3.13. The Morgan fingerprint density at radius 3 is 2.79 bits per heavy atom. The van der Waals surface area contributed by atoms with Crippen LogP contribution in [0, 0.1) is 0 Å². The van der Waals surface area contributed by atoms with Gasteiger partial charge < -0.3 is 16.0 Å². The van der Waals surface area contributed by atoms with E-state index in [1.165, 1.54) is 0 Å². The van der Waals surface area contributed by atoms with Crippen LogP contribution < -0.4 is 11.1 Å². The molecule has 0 spiro atoms. The van der Waals surface area contributed by atoms with Gasteiger partial charge in [0, 0.05) is 31.0 Å². The van der Waals surface area contributed by atoms with E-state index < -0.39 is 0 Å². The summed E-state index contributed by atoms with van der Waals surface area (Å²) in [5.74, 6) is 2.23. The number of amidine groups is 2. The molecule has 0 radical (unpaired) electrons. The number of pyridine rings is 1. The van der Waals surface area contributed by atoms with Gasteiger partial charge in [-0.1, -0.05) is 36.4 Å². The predicted molar refractivity (Wildman–Crippen MR) is 95.1 cm³/mol. The van der Waals surface area contributed by atoms with Crippen LogP contribution in [0.25, 0.3) is 5.70 Å². The normalized spacial score (nSPS) is 16.6. The number of hydrogen-bond acceptors (Lipinski definition) is 6. The highest BCUT2D eigenvalue weighted by atomic mass is 15.3. The summed E-state index contributed by atoms with van der Waals surface area (Å²) in [5, 5.41) is 3.38. The van der Waals surface area contributed by atoms with Gasteiger partial charge in [-0.15, -0.1) is 0 Å². The summed E-state index contributed by atoms with van der Waals surface area (Å²) >= 11 is 0. The second-order valence-electron chi connectivity index (χ2n) is 5.63. The summed E-state index contributed by atoms with van der Waals surface area (Å²) in [6.07, 6.45) is 3.61. The third-order valence-electron chi connectivity index (χ3n) is 4.04. The molecule has 6 heteroatoms. The first-order valence-corrected chi connectivity index (χ1v) is 7.92. The molecule has 0 bridgehead atoms. The molecule has 2 aromatic rings. The number of benzene rings is 1. The standard InChI is InChI=1S/C18H18N6/c19-16-15(14-6-2-1-3-7-14)23-17(18-21-9-10-24(16)18)22-12-13-5-4-8-20-11-13/h1-8,11H,9-10,12,19H2,(H,22,23). The highest BCUT2D eigenvalue weighted by Crippen LogP contribution is 2.25. The SMILES string of the molecule is NC1=C(c2ccccc2)N=C(NCc2cccnc2)C2=NCCN21. The number of aromatic nitrogens is 1. The molecule has 0 fully saturated rings. The van der Waals surface area contributed by atoms with Crippen LogP contribution in [-0.4, -0.2) is 34.6 Å². The van der Waals surface area contributed by atoms with E-state index in [4.69, 9.17) is 10.7 Å². The van der Waals surface area contributed by atoms with Crippen LogP contribution in [0.1, 0.15) is 11.1 Å². The van der Waals surface area contributed by atoms with Crippen molar-refractivity contribution in [3.05, 3.63) is 71.8 Å². The van der Waals surface area contributed by atoms with Gasteiger partial charge in [0.25, 0.3) is 0 Å². The summed E-state index contributed by atoms with van der Waals surface area (Å²) in [7, 11) is 0. The molecule has 0 unspecified atom stereocenters. The van der Waals surface area contributed by atoms with E-state index in [2.05, 4.69) is 15.3 Å². The van der Waals surface area contributed by atoms with Crippen LogP contribution in [-0.2, 0) is 6.54 Å². The highest BCUT2D eigenvalue weighted by Gasteiger charge is 2.30. The Morgan fingerprint density at radius 1 is 1.12 bits per heavy atom. The zero-order valence-electron chi connectivity index (χ0n) is 13.2. The third-order valence-corrected chi connectivity index (χ3v) is 4.04. The molecule has 2 aliphatic rings. The Morgan fingerprint density at radius 2 is 2.00 bits per heavy atom. The molecule has 0 amide bonds. The Bertz CT molecular complexity index is 823. The lowest BCUT2D eigenvalue weighted by Crippen LogP contribution is -2.45. The van der Waals surface area contributed by atoms with Crippen molar-refractivity contribution in [3.63, 3.8) is 0 Å². The predicted octanol–water partition coefficient (Wildman–Crippen LogP) is 1.58. The van der Waals surface area contributed by atoms with E-state index >= 15 is 0 Å². The molecular weight excluding hydrogens is 300 g/mol. The summed E-state index contributed by atoms with van der Waals surface area (Å²) in [5.41, 5.74) is 9.22. The lowest BCUT2D eigenvalue weighted by molar-refractivity contribution is 0.555. The molecule has 0 aliphatic carbocycles. The van der Waals surface area contributed by atoms with E-state index in [9.17, 15) is 0 Å². The van der Waals surface area contributed by atoms with Crippen molar-refractivity contribution in [3.8, 4) is 0 Å². The summed E-state index contributed by atoms with van der Waals surface area (Å²) < 4.78 is 0. The number of rotatable bonds is 3. The molecule has 3 heterocycles. The van der Waals surface area contributed by atoms with Crippen molar-refractivity contribution in [2.45, 2.75) is 6.54 Å². The largest absolute Gasteiger partial charge is 0.383 e. The van der Waals surface area contributed by atoms with Gasteiger partial charge in [-0.05, 0) is 11.6 Å². The molecule has 2 aliphatic heterocycles. The van der Waals surface area contributed by atoms with Crippen molar-refractivity contribution in [2.75, 3.05) is 13.1 Å². The average molecular weight is 318 g/mol. The van der Waals surface area contributed by atoms with E-state index in [-0.39, 0.29) is 0 Å². The minimum absolute atomic E-state index is 0.640. The van der Waals surface area contributed by atoms with Crippen molar-refractivity contribution >= 4 is 17.4 Å². The van der Waals surface area contributed by atoms with E-state index in [0.717, 1.165) is 41.6 Å². The zero-order chi connectivity index (χ0) is 16.4. The third kappa shape index (κ3) is 2.62. The lowest BCUT2D eigenvalue weighted by atomic mass is 10.1. The van der Waals surface area contributed by atoms with Crippen molar-refractivity contribution in [1.29, 1.82) is 0 Å². The Kier molecular flexibility index (Phi) is 3.70. The van der Waals surface area contributed by atoms with Gasteiger partial charge in [-0.25, -0.2) is 4.99 Å². The number of aliphatic imine (C=N–C) groups is 2. The molecular formula is C18H18N6. The summed E-state index contributed by atoms with van der Waals surface area (Å²) in [4.78, 5) is 15.5. The monoisotopic (exact) mass is 318 g/mol. The van der Waals surface area contributed by atoms with Crippen LogP contribution in [0.15, 0.2) is 70.7 Å². The maximum Gasteiger partial charge on any atom is 0.172 e. The van der Waals surface area contributed by atoms with Gasteiger partial charge in [0.05, 0.1) is 6.54 Å². The fraction of sp³-hybridized carbons (Fsp3) is 0.167. The minimum Gasteiger partial charge on any atom is -0.383 e. The highest BCUT2D eigenvalue weighted by molar-refractivity contribution is 6.42. The van der Waals surface area contributed by atoms with Gasteiger partial charge >= 0.3 is 0 Å². The first-order valence-electron chi connectivity index (χ1n) is 7.92. The van der Waals surface area contributed by atoms with Gasteiger partial charge in [0.2, 0.25) is 0 Å². The van der Waals surface area contributed by atoms with Gasteiger partial charge in [-0.2, -0.15) is 0 Å². The van der Waals surface area contributed by atoms with Crippen LogP contribution in [0.4, 0.5) is 0 Å². The molecule has 1 aromatic heterocycles. The number of nitrogens with zero attached hydrogens (tertiary/aromatic N) is 4. The first-order chi connectivity index (χ1) is 11.8. The van der Waals surface area contributed by atoms with Crippen molar-refractivity contribution in [1.82, 2.24) is 15.2 Å². The number of nitrogens with two attached hydrogens (primary N) is 1. The number of fused-ring (bicyclic) bond motifs is 1. The molecule has 0 saturated carbocycles. The molecule has 6 nitrogen and oxygen atoms in total. The smallest absolute Gasteiger partial charge is 0.172 e. The number of hydrogen-bond donors (Lipinski definition) is 2. The second kappa shape index (κ2) is 6.16. The Labute approximate surface area is 140 Å². The maximum absolute atomic E-state index is 6.35. The lowest BCUT2D eigenvalue weighted by Gasteiger charge is -2.28. The molecule has 1 aromatic carbocycles. The Balaban J connectivity index is 1.66. The molecule has 4 rings (SSSR count). The van der Waals surface area contributed by atoms with Crippen LogP contribution in [0.5, 0.6) is 0 Å². The maximum atomic E-state index is 6.35. The zero-order valence-corrected chi connectivity index (χ0v) is 13.2. The molecule has 3 N–H and O–H groups in total. The fourth-order valence-corrected chi connectivity index (χ4v) is 2.85. The molecule has 24 heavy (non-hydrogen) atoms. The van der Waals surface area contributed by atoms with Crippen LogP contribution in [0.3, 0.4) is 0 Å². The fourth-order valence-electron chi connectivity index (χ4n) is 2.85. The topological polar surface area (TPSA) is 78.9 Å². The van der Waals surface area contributed by atoms with E-state index in [0.29, 0.717) is 12.4 Å². The first kappa shape index (κ1) is 14.4.